The summed E-state index contributed by atoms with van der Waals surface area (Å²) in [5, 5.41) is 15.7. The molecular weight excluding hydrogens is 507 g/mol. The van der Waals surface area contributed by atoms with Crippen LogP contribution in [0.4, 0.5) is 15.3 Å². The summed E-state index contributed by atoms with van der Waals surface area (Å²) in [4.78, 5) is 42.9. The van der Waals surface area contributed by atoms with Gasteiger partial charge in [-0.25, -0.2) is 19.5 Å². The fourth-order valence-electron chi connectivity index (χ4n) is 3.34. The van der Waals surface area contributed by atoms with E-state index in [4.69, 9.17) is 27.9 Å². The number of nitrogens with zero attached hydrogens (tertiary/aromatic N) is 2. The quantitative estimate of drug-likeness (QED) is 0.285. The number of halogens is 2. The van der Waals surface area contributed by atoms with Crippen LogP contribution >= 0.6 is 23.2 Å². The third-order valence-electron chi connectivity index (χ3n) is 5.58. The molecule has 0 spiro atoms. The monoisotopic (exact) mass is 534 g/mol. The van der Waals surface area contributed by atoms with Gasteiger partial charge in [0, 0.05) is 18.1 Å². The van der Waals surface area contributed by atoms with Crippen LogP contribution < -0.4 is 15.4 Å². The van der Waals surface area contributed by atoms with Gasteiger partial charge in [-0.2, -0.15) is 0 Å². The zero-order valence-corrected chi connectivity index (χ0v) is 21.5. The molecule has 1 aliphatic rings. The Morgan fingerprint density at radius 1 is 1.11 bits per heavy atom. The molecule has 0 heterocycles. The lowest BCUT2D eigenvalue weighted by Gasteiger charge is -2.24. The normalized spacial score (nSPS) is 14.1. The highest BCUT2D eigenvalue weighted by molar-refractivity contribution is 6.32. The Morgan fingerprint density at radius 3 is 2.39 bits per heavy atom. The van der Waals surface area contributed by atoms with Gasteiger partial charge in [0.05, 0.1) is 22.7 Å². The first-order valence-corrected chi connectivity index (χ1v) is 12.2. The molecule has 0 aromatic heterocycles. The van der Waals surface area contributed by atoms with Crippen molar-refractivity contribution in [1.29, 1.82) is 0 Å². The summed E-state index contributed by atoms with van der Waals surface area (Å²) in [5.74, 6) is -0.309. The Kier molecular flexibility index (Phi) is 9.17. The number of aliphatic imine (C=N–C) groups is 1. The number of carboxylic acids is 1. The summed E-state index contributed by atoms with van der Waals surface area (Å²) in [5.41, 5.74) is 0.111. The van der Waals surface area contributed by atoms with Gasteiger partial charge in [0.2, 0.25) is 0 Å². The summed E-state index contributed by atoms with van der Waals surface area (Å²) in [6.45, 7) is 3.95. The molecule has 192 valence electrons. The van der Waals surface area contributed by atoms with Crippen molar-refractivity contribution in [2.45, 2.75) is 39.7 Å². The van der Waals surface area contributed by atoms with Crippen molar-refractivity contribution >= 4 is 52.8 Å². The number of hydrogen-bond donors (Lipinski definition) is 3. The largest absolute Gasteiger partial charge is 0.492 e. The lowest BCUT2D eigenvalue weighted by atomic mass is 10.1. The number of benzene rings is 2. The fourth-order valence-corrected chi connectivity index (χ4v) is 3.69. The zero-order valence-electron chi connectivity index (χ0n) is 20.0. The van der Waals surface area contributed by atoms with E-state index in [0.29, 0.717) is 40.9 Å². The first kappa shape index (κ1) is 27.3. The van der Waals surface area contributed by atoms with Crippen LogP contribution in [0.5, 0.6) is 5.75 Å². The number of ether oxygens (including phenoxy) is 1. The van der Waals surface area contributed by atoms with Crippen LogP contribution in [0.25, 0.3) is 0 Å². The third-order valence-corrected chi connectivity index (χ3v) is 6.12. The number of carbonyl (C=O) groups excluding carboxylic acids is 2. The second kappa shape index (κ2) is 12.1. The van der Waals surface area contributed by atoms with E-state index in [1.807, 2.05) is 6.92 Å². The molecular formula is C25H28Cl2N4O5. The predicted molar refractivity (Wildman–Crippen MR) is 138 cm³/mol. The smallest absolute Gasteiger partial charge is 0.330 e. The van der Waals surface area contributed by atoms with Crippen LogP contribution in [0.3, 0.4) is 0 Å². The molecule has 11 heteroatoms. The van der Waals surface area contributed by atoms with Gasteiger partial charge in [-0.3, -0.25) is 10.1 Å². The molecule has 9 nitrogen and oxygen atoms in total. The third kappa shape index (κ3) is 7.35. The SMILES string of the molecule is CCCOc1ccc(/N=C(/C)NC(=O)N(CC2(C(=O)O)CC2)C(=O)NCc2ccc(Cl)cc2)cc1Cl. The van der Waals surface area contributed by atoms with Gasteiger partial charge in [-0.05, 0) is 62.1 Å². The van der Waals surface area contributed by atoms with Gasteiger partial charge in [-0.1, -0.05) is 42.3 Å². The van der Waals surface area contributed by atoms with E-state index < -0.39 is 23.4 Å². The molecule has 36 heavy (non-hydrogen) atoms. The van der Waals surface area contributed by atoms with E-state index in [1.165, 1.54) is 0 Å². The molecule has 3 N–H and O–H groups in total. The minimum Gasteiger partial charge on any atom is -0.492 e. The van der Waals surface area contributed by atoms with Gasteiger partial charge in [0.25, 0.3) is 0 Å². The van der Waals surface area contributed by atoms with Crippen molar-refractivity contribution in [3.63, 3.8) is 0 Å². The van der Waals surface area contributed by atoms with E-state index in [1.54, 1.807) is 49.4 Å². The number of hydrogen-bond acceptors (Lipinski definition) is 5. The summed E-state index contributed by atoms with van der Waals surface area (Å²) < 4.78 is 5.54. The van der Waals surface area contributed by atoms with Crippen molar-refractivity contribution < 1.29 is 24.2 Å². The standard InChI is InChI=1S/C25H28Cl2N4O5/c1-3-12-36-21-9-8-19(13-20(21)27)29-16(2)30-24(35)31(15-25(10-11-25)22(32)33)23(34)28-14-17-4-6-18(26)7-5-17/h4-9,13H,3,10-12,14-15H2,1-2H3,(H,28,34)(H,32,33)(H,29,30,35). The minimum atomic E-state index is -1.14. The Bertz CT molecular complexity index is 1150. The number of carbonyl (C=O) groups is 3. The molecule has 2 aromatic rings. The molecule has 1 saturated carbocycles. The highest BCUT2D eigenvalue weighted by Crippen LogP contribution is 2.46. The first-order chi connectivity index (χ1) is 17.1. The zero-order chi connectivity index (χ0) is 26.3. The van der Waals surface area contributed by atoms with Gasteiger partial charge in [0.15, 0.2) is 0 Å². The number of rotatable bonds is 9. The molecule has 0 atom stereocenters. The van der Waals surface area contributed by atoms with Gasteiger partial charge in [0.1, 0.15) is 11.6 Å². The minimum absolute atomic E-state index is 0.137. The number of nitrogens with one attached hydrogen (secondary N) is 2. The number of aliphatic carboxylic acids is 1. The summed E-state index contributed by atoms with van der Waals surface area (Å²) in [7, 11) is 0. The maximum Gasteiger partial charge on any atom is 0.330 e. The number of imide groups is 1. The van der Waals surface area contributed by atoms with Crippen LogP contribution in [0, 0.1) is 5.41 Å². The molecule has 2 aromatic carbocycles. The Balaban J connectivity index is 1.71. The van der Waals surface area contributed by atoms with Crippen molar-refractivity contribution in [3.8, 4) is 5.75 Å². The molecule has 0 saturated heterocycles. The van der Waals surface area contributed by atoms with E-state index in [0.717, 1.165) is 16.9 Å². The molecule has 1 fully saturated rings. The first-order valence-electron chi connectivity index (χ1n) is 11.5. The van der Waals surface area contributed by atoms with E-state index in [2.05, 4.69) is 15.6 Å². The Labute approximate surface area is 219 Å². The summed E-state index contributed by atoms with van der Waals surface area (Å²) in [6, 6.07) is 10.3. The van der Waals surface area contributed by atoms with Crippen molar-refractivity contribution in [2.75, 3.05) is 13.2 Å². The maximum absolute atomic E-state index is 13.0. The van der Waals surface area contributed by atoms with Crippen molar-refractivity contribution in [2.24, 2.45) is 10.4 Å². The van der Waals surface area contributed by atoms with E-state index in [-0.39, 0.29) is 18.9 Å². The average Bonchev–Trinajstić information content (AvgIpc) is 3.62. The van der Waals surface area contributed by atoms with Gasteiger partial charge < -0.3 is 15.2 Å². The van der Waals surface area contributed by atoms with Crippen molar-refractivity contribution in [3.05, 3.63) is 58.1 Å². The molecule has 1 aliphatic carbocycles. The second-order valence-corrected chi connectivity index (χ2v) is 9.39. The lowest BCUT2D eigenvalue weighted by Crippen LogP contribution is -2.52. The van der Waals surface area contributed by atoms with Crippen LogP contribution in [0.1, 0.15) is 38.7 Å². The maximum atomic E-state index is 13.0. The number of carboxylic acid groups (broad SMARTS) is 1. The molecule has 0 unspecified atom stereocenters. The molecule has 4 amide bonds. The van der Waals surface area contributed by atoms with Gasteiger partial charge >= 0.3 is 18.0 Å². The highest BCUT2D eigenvalue weighted by atomic mass is 35.5. The van der Waals surface area contributed by atoms with Crippen LogP contribution in [-0.4, -0.2) is 47.0 Å². The lowest BCUT2D eigenvalue weighted by molar-refractivity contribution is -0.143. The molecule has 3 rings (SSSR count). The van der Waals surface area contributed by atoms with Crippen molar-refractivity contribution in [1.82, 2.24) is 15.5 Å². The number of urea groups is 2. The topological polar surface area (TPSA) is 120 Å². The Morgan fingerprint density at radius 2 is 1.81 bits per heavy atom. The van der Waals surface area contributed by atoms with E-state index >= 15 is 0 Å². The predicted octanol–water partition coefficient (Wildman–Crippen LogP) is 5.62. The van der Waals surface area contributed by atoms with Gasteiger partial charge in [-0.15, -0.1) is 0 Å². The summed E-state index contributed by atoms with van der Waals surface area (Å²) in [6.07, 6.45) is 1.61. The molecule has 0 aliphatic heterocycles. The van der Waals surface area contributed by atoms with E-state index in [9.17, 15) is 19.5 Å². The number of amidine groups is 1. The molecule has 0 radical (unpaired) electrons. The number of amides is 4. The van der Waals surface area contributed by atoms with Crippen LogP contribution in [0.2, 0.25) is 10.0 Å². The van der Waals surface area contributed by atoms with Crippen LogP contribution in [0.15, 0.2) is 47.5 Å². The average molecular weight is 535 g/mol. The van der Waals surface area contributed by atoms with Crippen LogP contribution in [-0.2, 0) is 11.3 Å². The highest BCUT2D eigenvalue weighted by Gasteiger charge is 2.53. The second-order valence-electron chi connectivity index (χ2n) is 8.55. The Hall–Kier alpha value is -3.30. The molecule has 0 bridgehead atoms. The fraction of sp³-hybridized carbons (Fsp3) is 0.360. The summed E-state index contributed by atoms with van der Waals surface area (Å²) >= 11 is 12.1.